The molecule has 0 aliphatic carbocycles. The third-order valence-electron chi connectivity index (χ3n) is 5.99. The van der Waals surface area contributed by atoms with Crippen LogP contribution in [-0.2, 0) is 11.3 Å². The molecule has 4 rings (SSSR count). The highest BCUT2D eigenvalue weighted by Gasteiger charge is 2.20. The second-order valence-electron chi connectivity index (χ2n) is 8.43. The Bertz CT molecular complexity index is 902. The highest BCUT2D eigenvalue weighted by molar-refractivity contribution is 7.99. The molecule has 0 saturated carbocycles. The molecule has 2 amide bonds. The zero-order valence-corrected chi connectivity index (χ0v) is 19.4. The van der Waals surface area contributed by atoms with E-state index in [9.17, 15) is 9.59 Å². The number of anilines is 1. The predicted octanol–water partition coefficient (Wildman–Crippen LogP) is 3.02. The van der Waals surface area contributed by atoms with E-state index in [0.29, 0.717) is 17.8 Å². The Morgan fingerprint density at radius 2 is 1.59 bits per heavy atom. The lowest BCUT2D eigenvalue weighted by Gasteiger charge is -2.26. The van der Waals surface area contributed by atoms with Gasteiger partial charge in [0.05, 0.1) is 6.54 Å². The van der Waals surface area contributed by atoms with Gasteiger partial charge in [0, 0.05) is 55.5 Å². The topological polar surface area (TPSA) is 55.9 Å². The Balaban J connectivity index is 1.27. The lowest BCUT2D eigenvalue weighted by Crippen LogP contribution is -2.38. The first-order valence-electron chi connectivity index (χ1n) is 11.4. The van der Waals surface area contributed by atoms with Crippen molar-refractivity contribution < 1.29 is 9.59 Å². The quantitative estimate of drug-likeness (QED) is 0.730. The van der Waals surface area contributed by atoms with Crippen molar-refractivity contribution in [2.75, 3.05) is 62.6 Å². The van der Waals surface area contributed by atoms with Gasteiger partial charge in [-0.15, -0.1) is 0 Å². The Labute approximate surface area is 194 Å². The van der Waals surface area contributed by atoms with E-state index in [-0.39, 0.29) is 11.8 Å². The minimum Gasteiger partial charge on any atom is -0.337 e. The lowest BCUT2D eigenvalue weighted by atomic mass is 10.1. The van der Waals surface area contributed by atoms with Crippen LogP contribution in [0, 0.1) is 0 Å². The van der Waals surface area contributed by atoms with Gasteiger partial charge in [-0.3, -0.25) is 19.4 Å². The monoisotopic (exact) mass is 452 g/mol. The van der Waals surface area contributed by atoms with Crippen LogP contribution >= 0.6 is 11.8 Å². The maximum atomic E-state index is 12.7. The van der Waals surface area contributed by atoms with Gasteiger partial charge in [0.1, 0.15) is 0 Å². The van der Waals surface area contributed by atoms with Crippen molar-refractivity contribution in [3.63, 3.8) is 0 Å². The molecular weight excluding hydrogens is 420 g/mol. The summed E-state index contributed by atoms with van der Waals surface area (Å²) >= 11 is 1.88. The summed E-state index contributed by atoms with van der Waals surface area (Å²) in [6.45, 7) is 6.72. The summed E-state index contributed by atoms with van der Waals surface area (Å²) < 4.78 is 0. The molecule has 0 atom stereocenters. The van der Waals surface area contributed by atoms with Crippen LogP contribution in [0.15, 0.2) is 54.6 Å². The number of amides is 2. The van der Waals surface area contributed by atoms with Crippen molar-refractivity contribution in [2.45, 2.75) is 13.0 Å². The number of benzene rings is 2. The number of hydrogen-bond acceptors (Lipinski definition) is 5. The van der Waals surface area contributed by atoms with Crippen LogP contribution in [0.3, 0.4) is 0 Å². The van der Waals surface area contributed by atoms with Crippen LogP contribution < -0.4 is 5.32 Å². The zero-order valence-electron chi connectivity index (χ0n) is 18.5. The molecule has 2 aliphatic rings. The highest BCUT2D eigenvalue weighted by atomic mass is 32.2. The van der Waals surface area contributed by atoms with E-state index in [1.807, 2.05) is 40.9 Å². The normalized spacial score (nSPS) is 18.2. The Morgan fingerprint density at radius 1 is 0.844 bits per heavy atom. The van der Waals surface area contributed by atoms with Crippen LogP contribution in [-0.4, -0.2) is 83.8 Å². The summed E-state index contributed by atoms with van der Waals surface area (Å²) in [7, 11) is 0. The van der Waals surface area contributed by atoms with Crippen molar-refractivity contribution in [3.8, 4) is 0 Å². The van der Waals surface area contributed by atoms with Gasteiger partial charge in [-0.25, -0.2) is 0 Å². The summed E-state index contributed by atoms with van der Waals surface area (Å²) in [6.07, 6.45) is 1.05. The summed E-state index contributed by atoms with van der Waals surface area (Å²) in [6, 6.07) is 17.9. The van der Waals surface area contributed by atoms with Crippen molar-refractivity contribution in [1.82, 2.24) is 14.7 Å². The van der Waals surface area contributed by atoms with E-state index < -0.39 is 0 Å². The molecule has 1 N–H and O–H groups in total. The number of hydrogen-bond donors (Lipinski definition) is 1. The van der Waals surface area contributed by atoms with E-state index in [4.69, 9.17) is 0 Å². The first-order valence-corrected chi connectivity index (χ1v) is 12.6. The standard InChI is InChI=1S/C25H32N4O2S/c30-24(20-28-11-5-10-27(12-13-28)19-21-6-2-1-3-7-21)26-23-9-4-8-22(18-23)25(31)29-14-16-32-17-15-29/h1-4,6-9,18H,5,10-17,19-20H2,(H,26,30). The largest absolute Gasteiger partial charge is 0.337 e. The van der Waals surface area contributed by atoms with Gasteiger partial charge in [-0.2, -0.15) is 11.8 Å². The van der Waals surface area contributed by atoms with Gasteiger partial charge in [0.25, 0.3) is 5.91 Å². The third-order valence-corrected chi connectivity index (χ3v) is 6.93. The maximum absolute atomic E-state index is 12.7. The molecule has 32 heavy (non-hydrogen) atoms. The van der Waals surface area contributed by atoms with Crippen LogP contribution in [0.4, 0.5) is 5.69 Å². The van der Waals surface area contributed by atoms with Gasteiger partial charge < -0.3 is 10.2 Å². The minimum atomic E-state index is -0.0273. The molecule has 2 fully saturated rings. The van der Waals surface area contributed by atoms with E-state index in [1.165, 1.54) is 5.56 Å². The molecule has 2 heterocycles. The zero-order chi connectivity index (χ0) is 22.2. The number of nitrogens with one attached hydrogen (secondary N) is 1. The van der Waals surface area contributed by atoms with E-state index >= 15 is 0 Å². The summed E-state index contributed by atoms with van der Waals surface area (Å²) in [5.41, 5.74) is 2.66. The Morgan fingerprint density at radius 3 is 2.41 bits per heavy atom. The molecule has 2 aliphatic heterocycles. The van der Waals surface area contributed by atoms with Crippen molar-refractivity contribution >= 4 is 29.3 Å². The molecular formula is C25H32N4O2S. The molecule has 0 unspecified atom stereocenters. The minimum absolute atomic E-state index is 0.0273. The third kappa shape index (κ3) is 6.58. The van der Waals surface area contributed by atoms with Crippen LogP contribution in [0.2, 0.25) is 0 Å². The second-order valence-corrected chi connectivity index (χ2v) is 9.65. The fourth-order valence-electron chi connectivity index (χ4n) is 4.26. The van der Waals surface area contributed by atoms with E-state index in [1.54, 1.807) is 6.07 Å². The van der Waals surface area contributed by atoms with Crippen LogP contribution in [0.5, 0.6) is 0 Å². The first-order chi connectivity index (χ1) is 15.7. The van der Waals surface area contributed by atoms with Crippen molar-refractivity contribution in [2.24, 2.45) is 0 Å². The molecule has 6 nitrogen and oxygen atoms in total. The lowest BCUT2D eigenvalue weighted by molar-refractivity contribution is -0.117. The predicted molar refractivity (Wildman–Crippen MR) is 131 cm³/mol. The van der Waals surface area contributed by atoms with Crippen LogP contribution in [0.25, 0.3) is 0 Å². The molecule has 7 heteroatoms. The number of thioether (sulfide) groups is 1. The molecule has 0 radical (unpaired) electrons. The molecule has 2 aromatic carbocycles. The Kier molecular flexibility index (Phi) is 8.20. The molecule has 2 saturated heterocycles. The van der Waals surface area contributed by atoms with Gasteiger partial charge in [-0.1, -0.05) is 36.4 Å². The smallest absolute Gasteiger partial charge is 0.253 e. The van der Waals surface area contributed by atoms with Gasteiger partial charge in [0.2, 0.25) is 5.91 Å². The number of carbonyl (C=O) groups excluding carboxylic acids is 2. The highest BCUT2D eigenvalue weighted by Crippen LogP contribution is 2.16. The van der Waals surface area contributed by atoms with Gasteiger partial charge in [-0.05, 0) is 43.3 Å². The Hall–Kier alpha value is -2.35. The second kappa shape index (κ2) is 11.5. The SMILES string of the molecule is O=C(CN1CCCN(Cc2ccccc2)CC1)Nc1cccc(C(=O)N2CCSCC2)c1. The maximum Gasteiger partial charge on any atom is 0.253 e. The first kappa shape index (κ1) is 22.8. The number of rotatable bonds is 6. The summed E-state index contributed by atoms with van der Waals surface area (Å²) in [5, 5.41) is 2.99. The van der Waals surface area contributed by atoms with E-state index in [2.05, 4.69) is 39.4 Å². The number of carbonyl (C=O) groups is 2. The molecule has 0 aromatic heterocycles. The molecule has 170 valence electrons. The fraction of sp³-hybridized carbons (Fsp3) is 0.440. The molecule has 2 aromatic rings. The van der Waals surface area contributed by atoms with Gasteiger partial charge >= 0.3 is 0 Å². The summed E-state index contributed by atoms with van der Waals surface area (Å²) in [5.74, 6) is 1.99. The van der Waals surface area contributed by atoms with Crippen molar-refractivity contribution in [3.05, 3.63) is 65.7 Å². The average molecular weight is 453 g/mol. The number of nitrogens with zero attached hydrogens (tertiary/aromatic N) is 3. The van der Waals surface area contributed by atoms with Crippen molar-refractivity contribution in [1.29, 1.82) is 0 Å². The molecule has 0 spiro atoms. The summed E-state index contributed by atoms with van der Waals surface area (Å²) in [4.78, 5) is 32.0. The average Bonchev–Trinajstić information content (AvgIpc) is 3.05. The molecule has 0 bridgehead atoms. The fourth-order valence-corrected chi connectivity index (χ4v) is 5.17. The van der Waals surface area contributed by atoms with E-state index in [0.717, 1.165) is 63.7 Å². The van der Waals surface area contributed by atoms with Crippen LogP contribution in [0.1, 0.15) is 22.3 Å². The van der Waals surface area contributed by atoms with Gasteiger partial charge in [0.15, 0.2) is 0 Å².